The molecule has 8 nitrogen and oxygen atoms in total. The quantitative estimate of drug-likeness (QED) is 0.436. The van der Waals surface area contributed by atoms with Gasteiger partial charge in [-0.2, -0.15) is 0 Å². The highest BCUT2D eigenvalue weighted by molar-refractivity contribution is 7.13. The number of nitrogens with one attached hydrogen (secondary N) is 2. The van der Waals surface area contributed by atoms with E-state index in [0.717, 1.165) is 56.2 Å². The van der Waals surface area contributed by atoms with E-state index >= 15 is 0 Å². The van der Waals surface area contributed by atoms with E-state index in [4.69, 9.17) is 9.72 Å². The molecule has 1 aliphatic rings. The highest BCUT2D eigenvalue weighted by Crippen LogP contribution is 2.27. The van der Waals surface area contributed by atoms with Crippen LogP contribution in [0.25, 0.3) is 22.4 Å². The summed E-state index contributed by atoms with van der Waals surface area (Å²) in [5, 5.41) is 5.24. The van der Waals surface area contributed by atoms with Crippen LogP contribution in [0.5, 0.6) is 0 Å². The molecule has 2 N–H and O–H groups in total. The average molecular weight is 463 g/mol. The zero-order valence-electron chi connectivity index (χ0n) is 18.5. The molecule has 1 aliphatic heterocycles. The molecule has 0 saturated carbocycles. The predicted molar refractivity (Wildman–Crippen MR) is 132 cm³/mol. The number of rotatable bonds is 7. The number of anilines is 2. The van der Waals surface area contributed by atoms with E-state index in [1.807, 2.05) is 23.6 Å². The van der Waals surface area contributed by atoms with E-state index in [9.17, 15) is 4.79 Å². The fraction of sp³-hybridized carbons (Fsp3) is 0.292. The zero-order chi connectivity index (χ0) is 22.6. The van der Waals surface area contributed by atoms with Gasteiger partial charge in [-0.15, -0.1) is 11.3 Å². The largest absolute Gasteiger partial charge is 0.383 e. The third-order valence-corrected chi connectivity index (χ3v) is 6.57. The topological polar surface area (TPSA) is 86.4 Å². The maximum atomic E-state index is 12.8. The summed E-state index contributed by atoms with van der Waals surface area (Å²) in [5.41, 5.74) is 4.18. The lowest BCUT2D eigenvalue weighted by molar-refractivity contribution is 0.102. The van der Waals surface area contributed by atoms with Gasteiger partial charge in [0.15, 0.2) is 5.13 Å². The second-order valence-corrected chi connectivity index (χ2v) is 8.84. The minimum Gasteiger partial charge on any atom is -0.383 e. The molecule has 170 valence electrons. The van der Waals surface area contributed by atoms with Gasteiger partial charge in [-0.3, -0.25) is 15.0 Å². The van der Waals surface area contributed by atoms with Gasteiger partial charge in [0, 0.05) is 62.7 Å². The van der Waals surface area contributed by atoms with Gasteiger partial charge in [0.05, 0.1) is 17.7 Å². The first-order chi connectivity index (χ1) is 16.2. The van der Waals surface area contributed by atoms with Crippen LogP contribution in [0.4, 0.5) is 10.8 Å². The van der Waals surface area contributed by atoms with Crippen LogP contribution in [-0.4, -0.2) is 72.2 Å². The first-order valence-corrected chi connectivity index (χ1v) is 11.9. The molecule has 33 heavy (non-hydrogen) atoms. The minimum atomic E-state index is -0.214. The molecule has 1 saturated heterocycles. The van der Waals surface area contributed by atoms with E-state index in [2.05, 4.69) is 43.3 Å². The number of thiazole rings is 1. The molecule has 1 amide bonds. The van der Waals surface area contributed by atoms with E-state index < -0.39 is 0 Å². The van der Waals surface area contributed by atoms with Gasteiger partial charge in [0.2, 0.25) is 0 Å². The Labute approximate surface area is 196 Å². The number of piperazine rings is 1. The summed E-state index contributed by atoms with van der Waals surface area (Å²) in [6, 6.07) is 14.0. The summed E-state index contributed by atoms with van der Waals surface area (Å²) >= 11 is 1.39. The van der Waals surface area contributed by atoms with Crippen LogP contribution >= 0.6 is 11.3 Å². The number of aromatic nitrogens is 3. The highest BCUT2D eigenvalue weighted by atomic mass is 32.1. The lowest BCUT2D eigenvalue weighted by atomic mass is 10.1. The van der Waals surface area contributed by atoms with Crippen molar-refractivity contribution in [1.29, 1.82) is 0 Å². The molecule has 0 bridgehead atoms. The number of fused-ring (bicyclic) bond motifs is 1. The van der Waals surface area contributed by atoms with Gasteiger partial charge in [-0.05, 0) is 24.3 Å². The van der Waals surface area contributed by atoms with E-state index in [0.29, 0.717) is 16.2 Å². The van der Waals surface area contributed by atoms with Crippen LogP contribution in [0, 0.1) is 0 Å². The van der Waals surface area contributed by atoms with Crippen molar-refractivity contribution < 1.29 is 9.53 Å². The van der Waals surface area contributed by atoms with Crippen molar-refractivity contribution in [3.8, 4) is 11.4 Å². The van der Waals surface area contributed by atoms with Crippen LogP contribution in [0.2, 0.25) is 0 Å². The Kier molecular flexibility index (Phi) is 6.34. The molecular weight excluding hydrogens is 436 g/mol. The minimum absolute atomic E-state index is 0.214. The first kappa shape index (κ1) is 21.6. The number of ether oxygens (including phenoxy) is 1. The number of nitrogens with zero attached hydrogens (tertiary/aromatic N) is 4. The Hall–Kier alpha value is -3.27. The maximum absolute atomic E-state index is 12.8. The van der Waals surface area contributed by atoms with Gasteiger partial charge in [-0.25, -0.2) is 9.97 Å². The number of amides is 1. The highest BCUT2D eigenvalue weighted by Gasteiger charge is 2.19. The van der Waals surface area contributed by atoms with Crippen LogP contribution in [0.15, 0.2) is 54.0 Å². The Morgan fingerprint density at radius 1 is 1.18 bits per heavy atom. The predicted octanol–water partition coefficient (Wildman–Crippen LogP) is 3.71. The van der Waals surface area contributed by atoms with E-state index in [1.54, 1.807) is 19.4 Å². The molecule has 0 aliphatic carbocycles. The Balaban J connectivity index is 1.36. The summed E-state index contributed by atoms with van der Waals surface area (Å²) in [6.07, 6.45) is 1.67. The molecule has 3 heterocycles. The molecular formula is C24H26N6O2S. The van der Waals surface area contributed by atoms with Gasteiger partial charge in [0.25, 0.3) is 5.91 Å². The summed E-state index contributed by atoms with van der Waals surface area (Å²) in [6.45, 7) is 5.75. The number of aromatic amines is 1. The van der Waals surface area contributed by atoms with Gasteiger partial charge in [-0.1, -0.05) is 18.2 Å². The summed E-state index contributed by atoms with van der Waals surface area (Å²) in [4.78, 5) is 30.0. The number of hydrogen-bond donors (Lipinski definition) is 2. The molecule has 5 rings (SSSR count). The molecule has 2 aromatic heterocycles. The standard InChI is InChI=1S/C24H26N6O2S/c1-32-14-13-29-9-11-30(12-10-29)18-5-2-4-17(16-18)22-26-20-7-3-6-19(21(20)27-22)23(31)28-24-25-8-15-33-24/h2-8,15-16H,9-14H2,1H3,(H,26,27)(H,25,28,31). The number of benzene rings is 2. The molecule has 0 spiro atoms. The van der Waals surface area contributed by atoms with Crippen molar-refractivity contribution in [2.75, 3.05) is 56.7 Å². The number of para-hydroxylation sites is 1. The Bertz CT molecular complexity index is 1230. The number of H-pyrrole nitrogens is 1. The molecule has 2 aromatic carbocycles. The molecule has 9 heteroatoms. The normalized spacial score (nSPS) is 14.6. The number of imidazole rings is 1. The smallest absolute Gasteiger partial charge is 0.259 e. The monoisotopic (exact) mass is 462 g/mol. The Morgan fingerprint density at radius 3 is 2.82 bits per heavy atom. The van der Waals surface area contributed by atoms with Crippen molar-refractivity contribution in [1.82, 2.24) is 19.9 Å². The first-order valence-electron chi connectivity index (χ1n) is 11.0. The number of hydrogen-bond acceptors (Lipinski definition) is 7. The fourth-order valence-electron chi connectivity index (χ4n) is 4.10. The molecule has 0 radical (unpaired) electrons. The van der Waals surface area contributed by atoms with Crippen LogP contribution < -0.4 is 10.2 Å². The maximum Gasteiger partial charge on any atom is 0.259 e. The number of carbonyl (C=O) groups is 1. The average Bonchev–Trinajstić information content (AvgIpc) is 3.53. The van der Waals surface area contributed by atoms with Gasteiger partial charge < -0.3 is 14.6 Å². The Morgan fingerprint density at radius 2 is 2.03 bits per heavy atom. The van der Waals surface area contributed by atoms with Crippen molar-refractivity contribution in [2.45, 2.75) is 0 Å². The summed E-state index contributed by atoms with van der Waals surface area (Å²) in [5.74, 6) is 0.536. The van der Waals surface area contributed by atoms with E-state index in [-0.39, 0.29) is 5.91 Å². The van der Waals surface area contributed by atoms with Crippen molar-refractivity contribution in [3.05, 3.63) is 59.6 Å². The number of carbonyl (C=O) groups excluding carboxylic acids is 1. The SMILES string of the molecule is COCCN1CCN(c2cccc(-c3nc4c(C(=O)Nc5nccs5)cccc4[nH]3)c2)CC1. The number of methoxy groups -OCH3 is 1. The summed E-state index contributed by atoms with van der Waals surface area (Å²) < 4.78 is 5.20. The summed E-state index contributed by atoms with van der Waals surface area (Å²) in [7, 11) is 1.75. The molecule has 0 atom stereocenters. The van der Waals surface area contributed by atoms with Crippen LogP contribution in [0.1, 0.15) is 10.4 Å². The second-order valence-electron chi connectivity index (χ2n) is 7.95. The van der Waals surface area contributed by atoms with Crippen LogP contribution in [0.3, 0.4) is 0 Å². The van der Waals surface area contributed by atoms with Crippen molar-refractivity contribution >= 4 is 39.1 Å². The van der Waals surface area contributed by atoms with Gasteiger partial charge in [0.1, 0.15) is 11.3 Å². The molecule has 1 fully saturated rings. The van der Waals surface area contributed by atoms with Crippen molar-refractivity contribution in [2.24, 2.45) is 0 Å². The lowest BCUT2D eigenvalue weighted by Crippen LogP contribution is -2.47. The molecule has 0 unspecified atom stereocenters. The fourth-order valence-corrected chi connectivity index (χ4v) is 4.63. The van der Waals surface area contributed by atoms with Crippen molar-refractivity contribution in [3.63, 3.8) is 0 Å². The zero-order valence-corrected chi connectivity index (χ0v) is 19.3. The van der Waals surface area contributed by atoms with E-state index in [1.165, 1.54) is 17.0 Å². The lowest BCUT2D eigenvalue weighted by Gasteiger charge is -2.36. The third-order valence-electron chi connectivity index (χ3n) is 5.88. The second kappa shape index (κ2) is 9.70. The third kappa shape index (κ3) is 4.75. The van der Waals surface area contributed by atoms with Crippen LogP contribution in [-0.2, 0) is 4.74 Å². The van der Waals surface area contributed by atoms with Gasteiger partial charge >= 0.3 is 0 Å². The molecule has 4 aromatic rings.